The SMILES string of the molecule is CCCN1CCC(NC(=NCc2ccc(-n3ccnc3)c(F)c2)NCC)CC1.I. The lowest BCUT2D eigenvalue weighted by atomic mass is 10.1. The van der Waals surface area contributed by atoms with E-state index in [4.69, 9.17) is 0 Å². The van der Waals surface area contributed by atoms with E-state index in [-0.39, 0.29) is 29.8 Å². The summed E-state index contributed by atoms with van der Waals surface area (Å²) in [6, 6.07) is 5.66. The van der Waals surface area contributed by atoms with Crippen LogP contribution in [0, 0.1) is 5.82 Å². The number of nitrogens with one attached hydrogen (secondary N) is 2. The van der Waals surface area contributed by atoms with E-state index in [0.29, 0.717) is 18.3 Å². The average Bonchev–Trinajstić information content (AvgIpc) is 3.22. The predicted octanol–water partition coefficient (Wildman–Crippen LogP) is 3.56. The molecular formula is C21H32FIN6. The van der Waals surface area contributed by atoms with Gasteiger partial charge in [0.25, 0.3) is 0 Å². The van der Waals surface area contributed by atoms with Crippen molar-refractivity contribution in [2.45, 2.75) is 45.7 Å². The highest BCUT2D eigenvalue weighted by atomic mass is 127. The Labute approximate surface area is 190 Å². The molecule has 6 nitrogen and oxygen atoms in total. The summed E-state index contributed by atoms with van der Waals surface area (Å²) in [5.41, 5.74) is 1.34. The van der Waals surface area contributed by atoms with Gasteiger partial charge in [0.05, 0.1) is 18.6 Å². The quantitative estimate of drug-likeness (QED) is 0.337. The second kappa shape index (κ2) is 12.1. The van der Waals surface area contributed by atoms with Crippen LogP contribution in [-0.2, 0) is 6.54 Å². The lowest BCUT2D eigenvalue weighted by molar-refractivity contribution is 0.206. The van der Waals surface area contributed by atoms with E-state index in [1.165, 1.54) is 13.0 Å². The first kappa shape index (κ1) is 23.6. The van der Waals surface area contributed by atoms with Crippen LogP contribution in [0.4, 0.5) is 4.39 Å². The van der Waals surface area contributed by atoms with Crippen LogP contribution >= 0.6 is 24.0 Å². The molecule has 2 aromatic rings. The van der Waals surface area contributed by atoms with Crippen LogP contribution in [0.15, 0.2) is 41.9 Å². The molecule has 1 fully saturated rings. The first-order valence-corrected chi connectivity index (χ1v) is 10.2. The normalized spacial score (nSPS) is 15.8. The van der Waals surface area contributed by atoms with Crippen LogP contribution in [-0.4, -0.2) is 52.6 Å². The molecule has 0 spiro atoms. The first-order chi connectivity index (χ1) is 13.7. The van der Waals surface area contributed by atoms with Crippen LogP contribution < -0.4 is 10.6 Å². The largest absolute Gasteiger partial charge is 0.357 e. The third kappa shape index (κ3) is 6.95. The number of hydrogen-bond acceptors (Lipinski definition) is 3. The Morgan fingerprint density at radius 2 is 2.07 bits per heavy atom. The zero-order valence-corrected chi connectivity index (χ0v) is 19.6. The minimum Gasteiger partial charge on any atom is -0.357 e. The van der Waals surface area contributed by atoms with E-state index in [2.05, 4.69) is 39.4 Å². The van der Waals surface area contributed by atoms with Crippen molar-refractivity contribution in [2.24, 2.45) is 4.99 Å². The number of imidazole rings is 1. The molecule has 1 saturated heterocycles. The molecule has 0 unspecified atom stereocenters. The molecule has 29 heavy (non-hydrogen) atoms. The molecule has 3 rings (SSSR count). The number of likely N-dealkylation sites (tertiary alicyclic amines) is 1. The summed E-state index contributed by atoms with van der Waals surface area (Å²) in [5, 5.41) is 6.85. The van der Waals surface area contributed by atoms with Crippen LogP contribution in [0.1, 0.15) is 38.7 Å². The summed E-state index contributed by atoms with van der Waals surface area (Å²) < 4.78 is 16.1. The molecule has 0 amide bonds. The van der Waals surface area contributed by atoms with Gasteiger partial charge >= 0.3 is 0 Å². The first-order valence-electron chi connectivity index (χ1n) is 10.2. The van der Waals surface area contributed by atoms with E-state index >= 15 is 0 Å². The highest BCUT2D eigenvalue weighted by Crippen LogP contribution is 2.16. The van der Waals surface area contributed by atoms with E-state index in [0.717, 1.165) is 44.0 Å². The third-order valence-electron chi connectivity index (χ3n) is 5.03. The molecule has 160 valence electrons. The van der Waals surface area contributed by atoms with Crippen molar-refractivity contribution in [2.75, 3.05) is 26.2 Å². The van der Waals surface area contributed by atoms with E-state index in [1.54, 1.807) is 35.4 Å². The highest BCUT2D eigenvalue weighted by Gasteiger charge is 2.19. The smallest absolute Gasteiger partial charge is 0.191 e. The van der Waals surface area contributed by atoms with Gasteiger partial charge in [-0.15, -0.1) is 24.0 Å². The monoisotopic (exact) mass is 514 g/mol. The van der Waals surface area contributed by atoms with E-state index in [1.807, 2.05) is 6.07 Å². The number of nitrogens with zero attached hydrogens (tertiary/aromatic N) is 4. The maximum atomic E-state index is 14.4. The molecule has 0 saturated carbocycles. The maximum Gasteiger partial charge on any atom is 0.191 e. The Morgan fingerprint density at radius 1 is 1.28 bits per heavy atom. The molecule has 8 heteroatoms. The Balaban J connectivity index is 0.00000300. The van der Waals surface area contributed by atoms with Gasteiger partial charge in [-0.25, -0.2) is 14.4 Å². The van der Waals surface area contributed by atoms with Crippen molar-refractivity contribution in [3.05, 3.63) is 48.3 Å². The van der Waals surface area contributed by atoms with Crippen molar-refractivity contribution in [3.8, 4) is 5.69 Å². The van der Waals surface area contributed by atoms with E-state index in [9.17, 15) is 4.39 Å². The van der Waals surface area contributed by atoms with Crippen molar-refractivity contribution in [1.29, 1.82) is 0 Å². The van der Waals surface area contributed by atoms with E-state index < -0.39 is 0 Å². The van der Waals surface area contributed by atoms with Crippen LogP contribution in [0.3, 0.4) is 0 Å². The number of benzene rings is 1. The topological polar surface area (TPSA) is 57.5 Å². The fourth-order valence-electron chi connectivity index (χ4n) is 3.56. The van der Waals surface area contributed by atoms with Gasteiger partial charge in [-0.3, -0.25) is 0 Å². The number of rotatable bonds is 7. The summed E-state index contributed by atoms with van der Waals surface area (Å²) in [6.45, 7) is 8.96. The lowest BCUT2D eigenvalue weighted by Gasteiger charge is -2.32. The van der Waals surface area contributed by atoms with Crippen molar-refractivity contribution in [3.63, 3.8) is 0 Å². The summed E-state index contributed by atoms with van der Waals surface area (Å²) in [4.78, 5) is 11.1. The van der Waals surface area contributed by atoms with Gasteiger partial charge in [-0.2, -0.15) is 0 Å². The Bertz CT molecular complexity index is 757. The zero-order chi connectivity index (χ0) is 19.8. The summed E-state index contributed by atoms with van der Waals surface area (Å²) in [7, 11) is 0. The van der Waals surface area contributed by atoms with Crippen molar-refractivity contribution >= 4 is 29.9 Å². The third-order valence-corrected chi connectivity index (χ3v) is 5.03. The maximum absolute atomic E-state index is 14.4. The van der Waals surface area contributed by atoms with Gasteiger partial charge < -0.3 is 20.1 Å². The minimum atomic E-state index is -0.271. The Morgan fingerprint density at radius 3 is 2.69 bits per heavy atom. The molecule has 0 bridgehead atoms. The Hall–Kier alpha value is -1.68. The molecule has 2 heterocycles. The van der Waals surface area contributed by atoms with Gasteiger partial charge in [0.1, 0.15) is 5.82 Å². The molecule has 1 aromatic carbocycles. The van der Waals surface area contributed by atoms with Gasteiger partial charge in [0, 0.05) is 38.1 Å². The van der Waals surface area contributed by atoms with Crippen LogP contribution in [0.2, 0.25) is 0 Å². The number of piperidine rings is 1. The lowest BCUT2D eigenvalue weighted by Crippen LogP contribution is -2.48. The number of halogens is 2. The summed E-state index contributed by atoms with van der Waals surface area (Å²) in [6.07, 6.45) is 8.42. The minimum absolute atomic E-state index is 0. The molecule has 1 aromatic heterocycles. The molecule has 1 aliphatic rings. The number of guanidine groups is 1. The highest BCUT2D eigenvalue weighted by molar-refractivity contribution is 14.0. The summed E-state index contributed by atoms with van der Waals surface area (Å²) in [5.74, 6) is 0.530. The molecule has 0 aliphatic carbocycles. The molecule has 0 radical (unpaired) electrons. The van der Waals surface area contributed by atoms with Crippen molar-refractivity contribution < 1.29 is 4.39 Å². The van der Waals surface area contributed by atoms with Gasteiger partial charge in [-0.1, -0.05) is 13.0 Å². The fourth-order valence-corrected chi connectivity index (χ4v) is 3.56. The van der Waals surface area contributed by atoms with Gasteiger partial charge in [0.2, 0.25) is 0 Å². The second-order valence-corrected chi connectivity index (χ2v) is 7.21. The molecule has 1 aliphatic heterocycles. The number of aliphatic imine (C=N–C) groups is 1. The second-order valence-electron chi connectivity index (χ2n) is 7.21. The molecule has 2 N–H and O–H groups in total. The standard InChI is InChI=1S/C21H31FN6.HI/c1-3-10-27-11-7-18(8-12-27)26-21(24-4-2)25-15-17-5-6-20(19(22)14-17)28-13-9-23-16-28;/h5-6,9,13-14,16,18H,3-4,7-8,10-12,15H2,1-2H3,(H2,24,25,26);1H. The van der Waals surface area contributed by atoms with Gasteiger partial charge in [0.15, 0.2) is 5.96 Å². The molecule has 0 atom stereocenters. The molecular weight excluding hydrogens is 482 g/mol. The average molecular weight is 514 g/mol. The summed E-state index contributed by atoms with van der Waals surface area (Å²) >= 11 is 0. The number of hydrogen-bond donors (Lipinski definition) is 2. The Kier molecular flexibility index (Phi) is 9.86. The van der Waals surface area contributed by atoms with Crippen LogP contribution in [0.25, 0.3) is 5.69 Å². The van der Waals surface area contributed by atoms with Crippen LogP contribution in [0.5, 0.6) is 0 Å². The predicted molar refractivity (Wildman–Crippen MR) is 127 cm³/mol. The fraction of sp³-hybridized carbons (Fsp3) is 0.524. The zero-order valence-electron chi connectivity index (χ0n) is 17.3. The van der Waals surface area contributed by atoms with Crippen molar-refractivity contribution in [1.82, 2.24) is 25.1 Å². The number of aromatic nitrogens is 2. The van der Waals surface area contributed by atoms with Gasteiger partial charge in [-0.05, 0) is 50.4 Å².